The molecule has 0 amide bonds. The summed E-state index contributed by atoms with van der Waals surface area (Å²) in [4.78, 5) is 2.40. The quantitative estimate of drug-likeness (QED) is 0.231. The van der Waals surface area contributed by atoms with Crippen molar-refractivity contribution in [3.63, 3.8) is 0 Å². The van der Waals surface area contributed by atoms with Gasteiger partial charge in [0.15, 0.2) is 0 Å². The Kier molecular flexibility index (Phi) is 5.04. The molecule has 0 atom stereocenters. The van der Waals surface area contributed by atoms with Crippen molar-refractivity contribution in [1.82, 2.24) is 0 Å². The van der Waals surface area contributed by atoms with Gasteiger partial charge in [-0.25, -0.2) is 0 Å². The predicted octanol–water partition coefficient (Wildman–Crippen LogP) is 11.1. The zero-order valence-electron chi connectivity index (χ0n) is 21.0. The minimum Gasteiger partial charge on any atom is -0.456 e. The summed E-state index contributed by atoms with van der Waals surface area (Å²) in [5.41, 5.74) is 7.58. The topological polar surface area (TPSA) is 16.4 Å². The summed E-state index contributed by atoms with van der Waals surface area (Å²) in [7, 11) is 0. The van der Waals surface area contributed by atoms with Crippen LogP contribution in [0.4, 0.5) is 17.1 Å². The molecular formula is C36H23NOS. The summed E-state index contributed by atoms with van der Waals surface area (Å²) >= 11 is 1.85. The van der Waals surface area contributed by atoms with Gasteiger partial charge in [0.1, 0.15) is 11.2 Å². The Morgan fingerprint density at radius 3 is 1.90 bits per heavy atom. The van der Waals surface area contributed by atoms with E-state index in [1.54, 1.807) is 0 Å². The molecule has 0 bridgehead atoms. The molecule has 8 rings (SSSR count). The Labute approximate surface area is 230 Å². The lowest BCUT2D eigenvalue weighted by Crippen LogP contribution is -2.10. The van der Waals surface area contributed by atoms with Gasteiger partial charge in [-0.15, -0.1) is 11.3 Å². The van der Waals surface area contributed by atoms with E-state index in [4.69, 9.17) is 4.42 Å². The number of rotatable bonds is 4. The molecule has 3 heteroatoms. The molecule has 39 heavy (non-hydrogen) atoms. The zero-order chi connectivity index (χ0) is 25.8. The molecular weight excluding hydrogens is 494 g/mol. The van der Waals surface area contributed by atoms with Crippen molar-refractivity contribution in [3.8, 4) is 11.1 Å². The third-order valence-electron chi connectivity index (χ3n) is 7.48. The number of fused-ring (bicyclic) bond motifs is 6. The number of anilines is 3. The summed E-state index contributed by atoms with van der Waals surface area (Å²) in [5, 5.41) is 4.80. The van der Waals surface area contributed by atoms with Crippen LogP contribution in [0.3, 0.4) is 0 Å². The zero-order valence-corrected chi connectivity index (χ0v) is 21.9. The van der Waals surface area contributed by atoms with Crippen LogP contribution in [-0.4, -0.2) is 0 Å². The molecule has 8 aromatic rings. The van der Waals surface area contributed by atoms with Crippen LogP contribution in [0.5, 0.6) is 0 Å². The monoisotopic (exact) mass is 517 g/mol. The highest BCUT2D eigenvalue weighted by atomic mass is 32.1. The lowest BCUT2D eigenvalue weighted by Gasteiger charge is -2.27. The molecule has 184 valence electrons. The van der Waals surface area contributed by atoms with Gasteiger partial charge in [0, 0.05) is 31.2 Å². The summed E-state index contributed by atoms with van der Waals surface area (Å²) in [6.07, 6.45) is 0. The van der Waals surface area contributed by atoms with Crippen LogP contribution in [0.1, 0.15) is 0 Å². The molecule has 2 nitrogen and oxygen atoms in total. The van der Waals surface area contributed by atoms with Crippen LogP contribution in [0.15, 0.2) is 144 Å². The lowest BCUT2D eigenvalue weighted by atomic mass is 10.0. The largest absolute Gasteiger partial charge is 0.456 e. The Morgan fingerprint density at radius 2 is 1.05 bits per heavy atom. The Bertz CT molecular complexity index is 2010. The second kappa shape index (κ2) is 8.87. The number of thiophene rings is 1. The molecule has 0 aliphatic heterocycles. The van der Waals surface area contributed by atoms with Crippen molar-refractivity contribution in [2.75, 3.05) is 4.90 Å². The average Bonchev–Trinajstić information content (AvgIpc) is 3.57. The van der Waals surface area contributed by atoms with Crippen molar-refractivity contribution in [1.29, 1.82) is 0 Å². The predicted molar refractivity (Wildman–Crippen MR) is 167 cm³/mol. The molecule has 0 saturated carbocycles. The van der Waals surface area contributed by atoms with Crippen LogP contribution < -0.4 is 4.90 Å². The molecule has 0 aliphatic rings. The van der Waals surface area contributed by atoms with E-state index in [9.17, 15) is 0 Å². The highest BCUT2D eigenvalue weighted by molar-refractivity contribution is 7.26. The van der Waals surface area contributed by atoms with Gasteiger partial charge >= 0.3 is 0 Å². The SMILES string of the molecule is c1ccc(-c2ccc(N(c3cccc4oc5ccccc5c34)c3cccc4sc5ccccc5c34)cc2)cc1. The lowest BCUT2D eigenvalue weighted by molar-refractivity contribution is 0.669. The van der Waals surface area contributed by atoms with E-state index in [-0.39, 0.29) is 0 Å². The summed E-state index contributed by atoms with van der Waals surface area (Å²) in [6, 6.07) is 49.5. The molecule has 0 spiro atoms. The van der Waals surface area contributed by atoms with E-state index in [1.165, 1.54) is 31.3 Å². The van der Waals surface area contributed by atoms with Gasteiger partial charge in [0.25, 0.3) is 0 Å². The van der Waals surface area contributed by atoms with Crippen LogP contribution in [0.2, 0.25) is 0 Å². The van der Waals surface area contributed by atoms with Crippen molar-refractivity contribution < 1.29 is 4.42 Å². The maximum Gasteiger partial charge on any atom is 0.137 e. The highest BCUT2D eigenvalue weighted by Crippen LogP contribution is 2.47. The Balaban J connectivity index is 1.43. The molecule has 0 N–H and O–H groups in total. The van der Waals surface area contributed by atoms with Gasteiger partial charge in [0.05, 0.1) is 16.8 Å². The van der Waals surface area contributed by atoms with Gasteiger partial charge in [-0.2, -0.15) is 0 Å². The summed E-state index contributed by atoms with van der Waals surface area (Å²) in [6.45, 7) is 0. The molecule has 0 fully saturated rings. The van der Waals surface area contributed by atoms with Crippen molar-refractivity contribution in [2.45, 2.75) is 0 Å². The first-order valence-corrected chi connectivity index (χ1v) is 13.9. The normalized spacial score (nSPS) is 11.6. The molecule has 0 radical (unpaired) electrons. The van der Waals surface area contributed by atoms with Crippen LogP contribution in [-0.2, 0) is 0 Å². The minimum absolute atomic E-state index is 0.891. The van der Waals surface area contributed by atoms with Gasteiger partial charge in [-0.1, -0.05) is 91.0 Å². The summed E-state index contributed by atoms with van der Waals surface area (Å²) < 4.78 is 8.89. The Hall–Kier alpha value is -4.86. The van der Waals surface area contributed by atoms with Gasteiger partial charge < -0.3 is 9.32 Å². The maximum atomic E-state index is 6.31. The van der Waals surface area contributed by atoms with E-state index in [0.29, 0.717) is 0 Å². The molecule has 6 aromatic carbocycles. The van der Waals surface area contributed by atoms with E-state index in [0.717, 1.165) is 39.0 Å². The smallest absolute Gasteiger partial charge is 0.137 e. The molecule has 0 aliphatic carbocycles. The van der Waals surface area contributed by atoms with E-state index in [2.05, 4.69) is 132 Å². The fourth-order valence-electron chi connectivity index (χ4n) is 5.73. The van der Waals surface area contributed by atoms with E-state index < -0.39 is 0 Å². The first-order chi connectivity index (χ1) is 19.3. The van der Waals surface area contributed by atoms with Crippen LogP contribution >= 0.6 is 11.3 Å². The van der Waals surface area contributed by atoms with Crippen LogP contribution in [0.25, 0.3) is 53.2 Å². The van der Waals surface area contributed by atoms with E-state index >= 15 is 0 Å². The standard InChI is InChI=1S/C36H23NOS/c1-2-10-24(11-3-1)25-20-22-26(23-21-25)37(29-14-8-17-32-35(29)27-12-4-6-16-31(27)38-32)30-15-9-19-34-36(30)28-13-5-7-18-33(28)39-34/h1-23H. The molecule has 2 aromatic heterocycles. The van der Waals surface area contributed by atoms with Gasteiger partial charge in [-0.05, 0) is 59.7 Å². The highest BCUT2D eigenvalue weighted by Gasteiger charge is 2.22. The number of benzene rings is 6. The second-order valence-corrected chi connectivity index (χ2v) is 10.8. The van der Waals surface area contributed by atoms with Crippen LogP contribution in [0, 0.1) is 0 Å². The number of hydrogen-bond donors (Lipinski definition) is 0. The van der Waals surface area contributed by atoms with Gasteiger partial charge in [-0.3, -0.25) is 0 Å². The molecule has 2 heterocycles. The number of hydrogen-bond acceptors (Lipinski definition) is 3. The van der Waals surface area contributed by atoms with Crippen molar-refractivity contribution >= 4 is 70.5 Å². The second-order valence-electron chi connectivity index (χ2n) is 9.75. The first-order valence-electron chi connectivity index (χ1n) is 13.1. The first kappa shape index (κ1) is 22.2. The number of nitrogens with zero attached hydrogens (tertiary/aromatic N) is 1. The molecule has 0 saturated heterocycles. The fourth-order valence-corrected chi connectivity index (χ4v) is 6.85. The number of furan rings is 1. The third kappa shape index (κ3) is 3.55. The summed E-state index contributed by atoms with van der Waals surface area (Å²) in [5.74, 6) is 0. The van der Waals surface area contributed by atoms with Crippen molar-refractivity contribution in [2.24, 2.45) is 0 Å². The fraction of sp³-hybridized carbons (Fsp3) is 0. The Morgan fingerprint density at radius 1 is 0.436 bits per heavy atom. The van der Waals surface area contributed by atoms with E-state index in [1.807, 2.05) is 23.5 Å². The maximum absolute atomic E-state index is 6.31. The minimum atomic E-state index is 0.891. The van der Waals surface area contributed by atoms with Crippen molar-refractivity contribution in [3.05, 3.63) is 140 Å². The number of para-hydroxylation sites is 1. The molecule has 0 unspecified atom stereocenters. The third-order valence-corrected chi connectivity index (χ3v) is 8.61. The average molecular weight is 518 g/mol. The van der Waals surface area contributed by atoms with Gasteiger partial charge in [0.2, 0.25) is 0 Å².